The monoisotopic (exact) mass is 424 g/mol. The number of benzene rings is 2. The van der Waals surface area contributed by atoms with E-state index in [4.69, 9.17) is 5.73 Å². The lowest BCUT2D eigenvalue weighted by Crippen LogP contribution is -2.28. The van der Waals surface area contributed by atoms with Gasteiger partial charge in [0.2, 0.25) is 0 Å². The second kappa shape index (κ2) is 9.83. The molecule has 5 nitrogen and oxygen atoms in total. The molecule has 0 aliphatic heterocycles. The quantitative estimate of drug-likeness (QED) is 0.299. The van der Waals surface area contributed by atoms with E-state index < -0.39 is 0 Å². The fourth-order valence-electron chi connectivity index (χ4n) is 1.86. The van der Waals surface area contributed by atoms with Crippen LogP contribution in [0.1, 0.15) is 15.9 Å². The maximum atomic E-state index is 11.8. The highest BCUT2D eigenvalue weighted by molar-refractivity contribution is 14.0. The van der Waals surface area contributed by atoms with E-state index in [1.54, 1.807) is 12.1 Å². The standard InChI is InChI=1S/C17H20N4O.HI/c1-13-7-9-15(10-8-13)21-17(18)20-12-11-19-16(22)14-5-3-2-4-6-14;/h2-10H,11-12H2,1H3,(H,19,22)(H3,18,20,21);1H. The van der Waals surface area contributed by atoms with E-state index in [0.29, 0.717) is 24.6 Å². The van der Waals surface area contributed by atoms with Gasteiger partial charge in [-0.1, -0.05) is 35.9 Å². The molecule has 0 spiro atoms. The Kier molecular flexibility index (Phi) is 8.10. The third-order valence-corrected chi connectivity index (χ3v) is 3.04. The van der Waals surface area contributed by atoms with Crippen LogP contribution in [-0.2, 0) is 0 Å². The van der Waals surface area contributed by atoms with Crippen molar-refractivity contribution in [1.82, 2.24) is 5.32 Å². The fraction of sp³-hybridized carbons (Fsp3) is 0.176. The van der Waals surface area contributed by atoms with Gasteiger partial charge in [-0.15, -0.1) is 24.0 Å². The third kappa shape index (κ3) is 6.68. The Balaban J connectivity index is 0.00000264. The predicted molar refractivity (Wildman–Crippen MR) is 105 cm³/mol. The predicted octanol–water partition coefficient (Wildman–Crippen LogP) is 2.77. The molecule has 0 aliphatic carbocycles. The Labute approximate surface area is 153 Å². The molecule has 2 aromatic rings. The lowest BCUT2D eigenvalue weighted by Gasteiger charge is -2.06. The van der Waals surface area contributed by atoms with E-state index >= 15 is 0 Å². The molecule has 0 fully saturated rings. The lowest BCUT2D eigenvalue weighted by molar-refractivity contribution is 0.0955. The number of carbonyl (C=O) groups excluding carboxylic acids is 1. The number of rotatable bonds is 5. The minimum atomic E-state index is -0.110. The minimum Gasteiger partial charge on any atom is -0.370 e. The molecule has 0 radical (unpaired) electrons. The molecular weight excluding hydrogens is 403 g/mol. The van der Waals surface area contributed by atoms with Crippen molar-refractivity contribution in [2.75, 3.05) is 18.4 Å². The van der Waals surface area contributed by atoms with Crippen LogP contribution in [-0.4, -0.2) is 25.0 Å². The SMILES string of the molecule is Cc1ccc(NC(N)=NCCNC(=O)c2ccccc2)cc1.I. The molecule has 0 heterocycles. The number of halogens is 1. The number of hydrogen-bond acceptors (Lipinski definition) is 2. The van der Waals surface area contributed by atoms with Gasteiger partial charge in [-0.2, -0.15) is 0 Å². The summed E-state index contributed by atoms with van der Waals surface area (Å²) < 4.78 is 0. The van der Waals surface area contributed by atoms with Crippen molar-refractivity contribution in [3.05, 3.63) is 65.7 Å². The van der Waals surface area contributed by atoms with Crippen LogP contribution in [0.3, 0.4) is 0 Å². The average molecular weight is 424 g/mol. The second-order valence-corrected chi connectivity index (χ2v) is 4.88. The number of nitrogens with two attached hydrogens (primary N) is 1. The van der Waals surface area contributed by atoms with Crippen molar-refractivity contribution in [2.24, 2.45) is 10.7 Å². The zero-order valence-corrected chi connectivity index (χ0v) is 15.3. The summed E-state index contributed by atoms with van der Waals surface area (Å²) >= 11 is 0. The molecule has 0 aromatic heterocycles. The molecule has 23 heavy (non-hydrogen) atoms. The van der Waals surface area contributed by atoms with E-state index in [1.807, 2.05) is 49.4 Å². The van der Waals surface area contributed by atoms with E-state index in [1.165, 1.54) is 5.56 Å². The van der Waals surface area contributed by atoms with Gasteiger partial charge in [-0.25, -0.2) is 0 Å². The Bertz CT molecular complexity index is 641. The van der Waals surface area contributed by atoms with Crippen LogP contribution in [0.2, 0.25) is 0 Å². The number of aliphatic imine (C=N–C) groups is 1. The molecule has 0 saturated carbocycles. The van der Waals surface area contributed by atoms with Gasteiger partial charge in [-0.3, -0.25) is 9.79 Å². The topological polar surface area (TPSA) is 79.5 Å². The van der Waals surface area contributed by atoms with E-state index in [-0.39, 0.29) is 29.9 Å². The van der Waals surface area contributed by atoms with Crippen molar-refractivity contribution >= 4 is 41.5 Å². The van der Waals surface area contributed by atoms with Crippen molar-refractivity contribution in [3.63, 3.8) is 0 Å². The van der Waals surface area contributed by atoms with Crippen LogP contribution in [0.5, 0.6) is 0 Å². The first kappa shape index (κ1) is 19.0. The zero-order valence-electron chi connectivity index (χ0n) is 13.0. The minimum absolute atomic E-state index is 0. The van der Waals surface area contributed by atoms with Gasteiger partial charge in [0.15, 0.2) is 5.96 Å². The highest BCUT2D eigenvalue weighted by Gasteiger charge is 2.02. The van der Waals surface area contributed by atoms with Crippen molar-refractivity contribution < 1.29 is 4.79 Å². The number of nitrogens with one attached hydrogen (secondary N) is 2. The first-order valence-electron chi connectivity index (χ1n) is 7.12. The molecule has 0 unspecified atom stereocenters. The number of nitrogens with zero attached hydrogens (tertiary/aromatic N) is 1. The summed E-state index contributed by atoms with van der Waals surface area (Å²) in [6.07, 6.45) is 0. The molecule has 122 valence electrons. The van der Waals surface area contributed by atoms with Gasteiger partial charge in [0.1, 0.15) is 0 Å². The average Bonchev–Trinajstić information content (AvgIpc) is 2.54. The Morgan fingerprint density at radius 1 is 1.09 bits per heavy atom. The maximum Gasteiger partial charge on any atom is 0.251 e. The van der Waals surface area contributed by atoms with Gasteiger partial charge in [0.25, 0.3) is 5.91 Å². The maximum absolute atomic E-state index is 11.8. The summed E-state index contributed by atoms with van der Waals surface area (Å²) in [5.74, 6) is 0.221. The van der Waals surface area contributed by atoms with Crippen molar-refractivity contribution in [3.8, 4) is 0 Å². The van der Waals surface area contributed by atoms with Crippen LogP contribution >= 0.6 is 24.0 Å². The van der Waals surface area contributed by atoms with E-state index in [2.05, 4.69) is 15.6 Å². The molecule has 0 aliphatic rings. The molecule has 0 bridgehead atoms. The summed E-state index contributed by atoms with van der Waals surface area (Å²) in [5, 5.41) is 5.80. The molecule has 2 aromatic carbocycles. The third-order valence-electron chi connectivity index (χ3n) is 3.04. The molecule has 4 N–H and O–H groups in total. The number of aryl methyl sites for hydroxylation is 1. The molecular formula is C17H21IN4O. The number of carbonyl (C=O) groups is 1. The van der Waals surface area contributed by atoms with E-state index in [0.717, 1.165) is 5.69 Å². The van der Waals surface area contributed by atoms with Crippen LogP contribution in [0.25, 0.3) is 0 Å². The van der Waals surface area contributed by atoms with Gasteiger partial charge >= 0.3 is 0 Å². The number of amides is 1. The lowest BCUT2D eigenvalue weighted by atomic mass is 10.2. The second-order valence-electron chi connectivity index (χ2n) is 4.88. The van der Waals surface area contributed by atoms with Gasteiger partial charge in [0, 0.05) is 17.8 Å². The first-order chi connectivity index (χ1) is 10.6. The highest BCUT2D eigenvalue weighted by atomic mass is 127. The largest absolute Gasteiger partial charge is 0.370 e. The van der Waals surface area contributed by atoms with Crippen LogP contribution in [0.15, 0.2) is 59.6 Å². The molecule has 0 saturated heterocycles. The van der Waals surface area contributed by atoms with Crippen LogP contribution in [0, 0.1) is 6.92 Å². The molecule has 2 rings (SSSR count). The van der Waals surface area contributed by atoms with Gasteiger partial charge < -0.3 is 16.4 Å². The summed E-state index contributed by atoms with van der Waals surface area (Å²) in [4.78, 5) is 16.0. The number of hydrogen-bond donors (Lipinski definition) is 3. The fourth-order valence-corrected chi connectivity index (χ4v) is 1.86. The number of anilines is 1. The summed E-state index contributed by atoms with van der Waals surface area (Å²) in [6.45, 7) is 2.88. The summed E-state index contributed by atoms with van der Waals surface area (Å²) in [6, 6.07) is 16.9. The highest BCUT2D eigenvalue weighted by Crippen LogP contribution is 2.07. The van der Waals surface area contributed by atoms with Crippen LogP contribution < -0.4 is 16.4 Å². The Morgan fingerprint density at radius 3 is 2.39 bits per heavy atom. The molecule has 0 atom stereocenters. The van der Waals surface area contributed by atoms with Gasteiger partial charge in [0.05, 0.1) is 6.54 Å². The Hall–Kier alpha value is -2.09. The molecule has 6 heteroatoms. The smallest absolute Gasteiger partial charge is 0.251 e. The van der Waals surface area contributed by atoms with Crippen LogP contribution in [0.4, 0.5) is 5.69 Å². The van der Waals surface area contributed by atoms with Crippen molar-refractivity contribution in [1.29, 1.82) is 0 Å². The number of guanidine groups is 1. The Morgan fingerprint density at radius 2 is 1.74 bits per heavy atom. The normalized spacial score (nSPS) is 10.6. The zero-order chi connectivity index (χ0) is 15.8. The molecule has 1 amide bonds. The van der Waals surface area contributed by atoms with E-state index in [9.17, 15) is 4.79 Å². The van der Waals surface area contributed by atoms with Gasteiger partial charge in [-0.05, 0) is 31.2 Å². The summed E-state index contributed by atoms with van der Waals surface area (Å²) in [5.41, 5.74) is 8.51. The first-order valence-corrected chi connectivity index (χ1v) is 7.12. The van der Waals surface area contributed by atoms with Crippen molar-refractivity contribution in [2.45, 2.75) is 6.92 Å². The summed E-state index contributed by atoms with van der Waals surface area (Å²) in [7, 11) is 0.